The van der Waals surface area contributed by atoms with Crippen molar-refractivity contribution in [1.82, 2.24) is 14.8 Å². The van der Waals surface area contributed by atoms with E-state index in [0.717, 1.165) is 6.07 Å². The lowest BCUT2D eigenvalue weighted by atomic mass is 10.2. The van der Waals surface area contributed by atoms with E-state index in [9.17, 15) is 13.2 Å². The Morgan fingerprint density at radius 1 is 1.48 bits per heavy atom. The van der Waals surface area contributed by atoms with Crippen LogP contribution in [0.25, 0.3) is 0 Å². The number of aromatic nitrogens is 3. The lowest BCUT2D eigenvalue weighted by molar-refractivity contribution is 0.0691. The second-order valence-corrected chi connectivity index (χ2v) is 6.56. The summed E-state index contributed by atoms with van der Waals surface area (Å²) < 4.78 is 29.3. The molecule has 10 heteroatoms. The summed E-state index contributed by atoms with van der Waals surface area (Å²) in [5.41, 5.74) is -0.307. The fraction of sp³-hybridized carbons (Fsp3) is 0.182. The zero-order valence-electron chi connectivity index (χ0n) is 10.7. The zero-order chi connectivity index (χ0) is 15.6. The molecule has 21 heavy (non-hydrogen) atoms. The highest BCUT2D eigenvalue weighted by molar-refractivity contribution is 8.13. The SMILES string of the molecule is Cn1ncnc1COc1ccc(S(=O)(=O)Cl)cc1C(=O)O. The Hall–Kier alpha value is -2.13. The van der Waals surface area contributed by atoms with Gasteiger partial charge in [0.2, 0.25) is 0 Å². The molecule has 0 saturated heterocycles. The van der Waals surface area contributed by atoms with Crippen LogP contribution in [-0.2, 0) is 22.7 Å². The first-order valence-corrected chi connectivity index (χ1v) is 7.87. The average Bonchev–Trinajstić information content (AvgIpc) is 2.80. The first-order chi connectivity index (χ1) is 9.79. The van der Waals surface area contributed by atoms with E-state index < -0.39 is 15.0 Å². The molecule has 1 N–H and O–H groups in total. The van der Waals surface area contributed by atoms with Gasteiger partial charge in [0.1, 0.15) is 24.2 Å². The summed E-state index contributed by atoms with van der Waals surface area (Å²) >= 11 is 0. The summed E-state index contributed by atoms with van der Waals surface area (Å²) in [6.07, 6.45) is 1.33. The number of carboxylic acids is 1. The number of carboxylic acid groups (broad SMARTS) is 1. The van der Waals surface area contributed by atoms with Gasteiger partial charge in [-0.25, -0.2) is 18.2 Å². The van der Waals surface area contributed by atoms with Crippen molar-refractivity contribution >= 4 is 25.7 Å². The molecule has 0 aliphatic heterocycles. The lowest BCUT2D eigenvalue weighted by Gasteiger charge is -2.09. The fourth-order valence-electron chi connectivity index (χ4n) is 1.55. The predicted molar refractivity (Wildman–Crippen MR) is 71.8 cm³/mol. The van der Waals surface area contributed by atoms with Crippen LogP contribution in [0, 0.1) is 0 Å². The molecule has 0 aliphatic carbocycles. The Morgan fingerprint density at radius 2 is 2.19 bits per heavy atom. The van der Waals surface area contributed by atoms with Crippen molar-refractivity contribution in [1.29, 1.82) is 0 Å². The van der Waals surface area contributed by atoms with Crippen molar-refractivity contribution in [3.05, 3.63) is 35.9 Å². The number of aromatic carboxylic acids is 1. The third-order valence-electron chi connectivity index (χ3n) is 2.62. The molecule has 8 nitrogen and oxygen atoms in total. The topological polar surface area (TPSA) is 111 Å². The van der Waals surface area contributed by atoms with Crippen LogP contribution in [-0.4, -0.2) is 34.3 Å². The van der Waals surface area contributed by atoms with Crippen molar-refractivity contribution in [3.63, 3.8) is 0 Å². The normalized spacial score (nSPS) is 11.3. The van der Waals surface area contributed by atoms with Gasteiger partial charge in [-0.1, -0.05) is 0 Å². The van der Waals surface area contributed by atoms with Gasteiger partial charge in [-0.05, 0) is 18.2 Å². The highest BCUT2D eigenvalue weighted by Gasteiger charge is 2.18. The fourth-order valence-corrected chi connectivity index (χ4v) is 2.32. The minimum Gasteiger partial charge on any atom is -0.485 e. The smallest absolute Gasteiger partial charge is 0.339 e. The Labute approximate surface area is 124 Å². The van der Waals surface area contributed by atoms with Gasteiger partial charge in [-0.2, -0.15) is 5.10 Å². The number of nitrogens with zero attached hydrogens (tertiary/aromatic N) is 3. The summed E-state index contributed by atoms with van der Waals surface area (Å²) in [5.74, 6) is -0.833. The van der Waals surface area contributed by atoms with Crippen LogP contribution in [0.3, 0.4) is 0 Å². The highest BCUT2D eigenvalue weighted by atomic mass is 35.7. The molecule has 0 fully saturated rings. The van der Waals surface area contributed by atoms with Crippen molar-refractivity contribution in [2.24, 2.45) is 7.05 Å². The van der Waals surface area contributed by atoms with E-state index in [1.807, 2.05) is 0 Å². The first kappa shape index (κ1) is 15.3. The summed E-state index contributed by atoms with van der Waals surface area (Å²) in [4.78, 5) is 14.8. The van der Waals surface area contributed by atoms with Crippen molar-refractivity contribution in [2.75, 3.05) is 0 Å². The van der Waals surface area contributed by atoms with Crippen LogP contribution in [0.2, 0.25) is 0 Å². The average molecular weight is 332 g/mol. The van der Waals surface area contributed by atoms with E-state index in [1.54, 1.807) is 7.05 Å². The van der Waals surface area contributed by atoms with Crippen molar-refractivity contribution in [3.8, 4) is 5.75 Å². The van der Waals surface area contributed by atoms with Gasteiger partial charge in [-0.15, -0.1) is 0 Å². The van der Waals surface area contributed by atoms with E-state index in [4.69, 9.17) is 20.5 Å². The van der Waals surface area contributed by atoms with Gasteiger partial charge in [-0.3, -0.25) is 4.68 Å². The molecule has 0 radical (unpaired) electrons. The maximum Gasteiger partial charge on any atom is 0.339 e. The molecule has 1 aromatic heterocycles. The minimum atomic E-state index is -4.01. The van der Waals surface area contributed by atoms with Crippen LogP contribution in [0.4, 0.5) is 0 Å². The molecule has 112 valence electrons. The van der Waals surface area contributed by atoms with Crippen LogP contribution in [0.15, 0.2) is 29.4 Å². The van der Waals surface area contributed by atoms with E-state index in [1.165, 1.54) is 23.1 Å². The van der Waals surface area contributed by atoms with Gasteiger partial charge >= 0.3 is 5.97 Å². The number of ether oxygens (including phenoxy) is 1. The first-order valence-electron chi connectivity index (χ1n) is 5.56. The van der Waals surface area contributed by atoms with Crippen LogP contribution >= 0.6 is 10.7 Å². The van der Waals surface area contributed by atoms with Gasteiger partial charge in [0.15, 0.2) is 5.82 Å². The van der Waals surface area contributed by atoms with E-state index >= 15 is 0 Å². The van der Waals surface area contributed by atoms with Crippen molar-refractivity contribution in [2.45, 2.75) is 11.5 Å². The molecule has 0 unspecified atom stereocenters. The molecule has 0 amide bonds. The molecule has 0 saturated carbocycles. The third-order valence-corrected chi connectivity index (χ3v) is 3.98. The Bertz CT molecular complexity index is 787. The molecule has 1 heterocycles. The number of benzene rings is 1. The standard InChI is InChI=1S/C11H10ClN3O5S/c1-15-10(13-6-14-15)5-20-9-3-2-7(21(12,18)19)4-8(9)11(16)17/h2-4,6H,5H2,1H3,(H,16,17). The van der Waals surface area contributed by atoms with Gasteiger partial charge in [0.25, 0.3) is 9.05 Å². The zero-order valence-corrected chi connectivity index (χ0v) is 12.3. The van der Waals surface area contributed by atoms with E-state index in [0.29, 0.717) is 5.82 Å². The summed E-state index contributed by atoms with van der Waals surface area (Å²) in [6.45, 7) is -0.0102. The maximum absolute atomic E-state index is 11.2. The number of halogens is 1. The number of hydrogen-bond donors (Lipinski definition) is 1. The molecule has 0 atom stereocenters. The quantitative estimate of drug-likeness (QED) is 0.814. The number of aryl methyl sites for hydroxylation is 1. The second kappa shape index (κ2) is 5.70. The van der Waals surface area contributed by atoms with E-state index in [-0.39, 0.29) is 22.8 Å². The predicted octanol–water partition coefficient (Wildman–Crippen LogP) is 1.02. The molecular formula is C11H10ClN3O5S. The molecule has 0 aliphatic rings. The number of rotatable bonds is 5. The monoisotopic (exact) mass is 331 g/mol. The van der Waals surface area contributed by atoms with Crippen molar-refractivity contribution < 1.29 is 23.1 Å². The Morgan fingerprint density at radius 3 is 2.71 bits per heavy atom. The van der Waals surface area contributed by atoms with Gasteiger partial charge in [0, 0.05) is 17.7 Å². The lowest BCUT2D eigenvalue weighted by Crippen LogP contribution is -2.08. The number of hydrogen-bond acceptors (Lipinski definition) is 6. The summed E-state index contributed by atoms with van der Waals surface area (Å²) in [7, 11) is 2.83. The largest absolute Gasteiger partial charge is 0.485 e. The summed E-state index contributed by atoms with van der Waals surface area (Å²) in [6, 6.07) is 3.34. The molecule has 2 aromatic rings. The molecule has 0 bridgehead atoms. The minimum absolute atomic E-state index is 0.00886. The van der Waals surface area contributed by atoms with Crippen LogP contribution < -0.4 is 4.74 Å². The Balaban J connectivity index is 2.31. The molecule has 1 aromatic carbocycles. The highest BCUT2D eigenvalue weighted by Crippen LogP contribution is 2.25. The van der Waals surface area contributed by atoms with Crippen LogP contribution in [0.1, 0.15) is 16.2 Å². The van der Waals surface area contributed by atoms with Gasteiger partial charge in [0.05, 0.1) is 4.90 Å². The van der Waals surface area contributed by atoms with Gasteiger partial charge < -0.3 is 9.84 Å². The Kier molecular flexibility index (Phi) is 4.14. The summed E-state index contributed by atoms with van der Waals surface area (Å²) in [5, 5.41) is 13.0. The molecular weight excluding hydrogens is 322 g/mol. The van der Waals surface area contributed by atoms with Crippen LogP contribution in [0.5, 0.6) is 5.75 Å². The number of carbonyl (C=O) groups is 1. The second-order valence-electron chi connectivity index (χ2n) is 3.99. The molecule has 0 spiro atoms. The third kappa shape index (κ3) is 3.50. The van der Waals surface area contributed by atoms with E-state index in [2.05, 4.69) is 10.1 Å². The molecule has 2 rings (SSSR count). The maximum atomic E-state index is 11.2.